The van der Waals surface area contributed by atoms with E-state index in [2.05, 4.69) is 15.2 Å². The molecule has 2 amide bonds. The minimum absolute atomic E-state index is 0.0714. The molecule has 0 spiro atoms. The molecule has 9 nitrogen and oxygen atoms in total. The Bertz CT molecular complexity index is 1160. The molecule has 0 aliphatic carbocycles. The minimum atomic E-state index is -0.616. The lowest BCUT2D eigenvalue weighted by molar-refractivity contribution is -0.110. The van der Waals surface area contributed by atoms with Crippen LogP contribution in [0.3, 0.4) is 0 Å². The van der Waals surface area contributed by atoms with Crippen LogP contribution in [0, 0.1) is 6.92 Å². The van der Waals surface area contributed by atoms with Gasteiger partial charge in [-0.25, -0.2) is 0 Å². The van der Waals surface area contributed by atoms with Crippen LogP contribution in [0.1, 0.15) is 39.3 Å². The Hall–Kier alpha value is -3.14. The van der Waals surface area contributed by atoms with Gasteiger partial charge in [0.2, 0.25) is 0 Å². The molecule has 1 fully saturated rings. The molecule has 5 rings (SSSR count). The number of aromatic nitrogens is 1. The molecule has 0 bridgehead atoms. The molecule has 0 radical (unpaired) electrons. The van der Waals surface area contributed by atoms with E-state index in [1.807, 2.05) is 25.1 Å². The van der Waals surface area contributed by atoms with E-state index < -0.39 is 6.10 Å². The number of hydrogen-bond acceptors (Lipinski definition) is 6. The zero-order valence-corrected chi connectivity index (χ0v) is 20.2. The number of aryl methyl sites for hydroxylation is 1. The number of carbonyl (C=O) groups is 2. The summed E-state index contributed by atoms with van der Waals surface area (Å²) in [6.07, 6.45) is 2.75. The van der Waals surface area contributed by atoms with Crippen LogP contribution in [0.2, 0.25) is 0 Å². The number of aliphatic hydroxyl groups excluding tert-OH is 1. The molecule has 2 aromatic rings. The molecule has 0 saturated carbocycles. The third-order valence-electron chi connectivity index (χ3n) is 7.02. The van der Waals surface area contributed by atoms with Crippen molar-refractivity contribution in [3.8, 4) is 5.75 Å². The van der Waals surface area contributed by atoms with Crippen LogP contribution in [0.25, 0.3) is 11.6 Å². The molecule has 35 heavy (non-hydrogen) atoms. The van der Waals surface area contributed by atoms with Crippen molar-refractivity contribution >= 4 is 29.2 Å². The third-order valence-corrected chi connectivity index (χ3v) is 7.02. The molecule has 186 valence electrons. The standard InChI is InChI=1S/C26H32N4O5/c1-16-22(13-20-19-6-5-18(34-2)12-23(19)28-25(20)32)27-21-4-3-7-30(26(33)24(16)21)15-17(31)14-29-8-10-35-11-9-29/h5-6,12-13,17,27,31H,3-4,7-11,14-15H2,1-2H3,(H,28,32)/b20-13-/t17-/m0/s1. The molecular weight excluding hydrogens is 448 g/mol. The summed E-state index contributed by atoms with van der Waals surface area (Å²) in [6, 6.07) is 5.49. The lowest BCUT2D eigenvalue weighted by atomic mass is 10.0. The van der Waals surface area contributed by atoms with Gasteiger partial charge in [0.25, 0.3) is 11.8 Å². The van der Waals surface area contributed by atoms with Crippen LogP contribution in [0.5, 0.6) is 5.75 Å². The number of fused-ring (bicyclic) bond motifs is 2. The van der Waals surface area contributed by atoms with Gasteiger partial charge in [-0.15, -0.1) is 0 Å². The number of methoxy groups -OCH3 is 1. The summed E-state index contributed by atoms with van der Waals surface area (Å²) >= 11 is 0. The van der Waals surface area contributed by atoms with Gasteiger partial charge < -0.3 is 29.8 Å². The quantitative estimate of drug-likeness (QED) is 0.546. The second-order valence-electron chi connectivity index (χ2n) is 9.36. The number of nitrogens with one attached hydrogen (secondary N) is 2. The van der Waals surface area contributed by atoms with Gasteiger partial charge in [-0.05, 0) is 43.5 Å². The van der Waals surface area contributed by atoms with E-state index in [1.165, 1.54) is 0 Å². The number of ether oxygens (including phenoxy) is 2. The van der Waals surface area contributed by atoms with E-state index >= 15 is 0 Å². The van der Waals surface area contributed by atoms with Crippen LogP contribution in [-0.2, 0) is 16.0 Å². The van der Waals surface area contributed by atoms with Crippen molar-refractivity contribution in [2.75, 3.05) is 58.4 Å². The maximum Gasteiger partial charge on any atom is 0.256 e. The van der Waals surface area contributed by atoms with Crippen LogP contribution in [0.4, 0.5) is 5.69 Å². The predicted octanol–water partition coefficient (Wildman–Crippen LogP) is 1.91. The lowest BCUT2D eigenvalue weighted by Crippen LogP contribution is -2.46. The zero-order valence-electron chi connectivity index (χ0n) is 20.2. The molecule has 3 aliphatic heterocycles. The monoisotopic (exact) mass is 480 g/mol. The molecule has 3 N–H and O–H groups in total. The van der Waals surface area contributed by atoms with Crippen molar-refractivity contribution in [2.45, 2.75) is 25.9 Å². The number of amides is 2. The van der Waals surface area contributed by atoms with Crippen molar-refractivity contribution in [1.29, 1.82) is 0 Å². The largest absolute Gasteiger partial charge is 0.497 e. The van der Waals surface area contributed by atoms with Crippen molar-refractivity contribution in [1.82, 2.24) is 14.8 Å². The maximum atomic E-state index is 13.5. The van der Waals surface area contributed by atoms with Gasteiger partial charge in [0, 0.05) is 55.7 Å². The normalized spacial score (nSPS) is 20.4. The Morgan fingerprint density at radius 2 is 2.00 bits per heavy atom. The van der Waals surface area contributed by atoms with E-state index in [0.29, 0.717) is 55.4 Å². The van der Waals surface area contributed by atoms with Crippen LogP contribution in [0.15, 0.2) is 18.2 Å². The number of carbonyl (C=O) groups excluding carboxylic acids is 2. The van der Waals surface area contributed by atoms with Gasteiger partial charge in [-0.1, -0.05) is 0 Å². The van der Waals surface area contributed by atoms with Crippen molar-refractivity contribution < 1.29 is 24.2 Å². The zero-order chi connectivity index (χ0) is 24.5. The van der Waals surface area contributed by atoms with E-state index in [1.54, 1.807) is 18.1 Å². The van der Waals surface area contributed by atoms with E-state index in [0.717, 1.165) is 48.4 Å². The van der Waals surface area contributed by atoms with Gasteiger partial charge in [-0.2, -0.15) is 0 Å². The van der Waals surface area contributed by atoms with Crippen molar-refractivity contribution in [2.24, 2.45) is 0 Å². The fourth-order valence-electron chi connectivity index (χ4n) is 5.16. The number of rotatable bonds is 6. The van der Waals surface area contributed by atoms with Crippen LogP contribution < -0.4 is 10.1 Å². The summed E-state index contributed by atoms with van der Waals surface area (Å²) < 4.78 is 10.6. The Balaban J connectivity index is 1.37. The Morgan fingerprint density at radius 1 is 1.20 bits per heavy atom. The number of hydrogen-bond donors (Lipinski definition) is 3. The first-order valence-electron chi connectivity index (χ1n) is 12.1. The summed E-state index contributed by atoms with van der Waals surface area (Å²) in [5.41, 5.74) is 5.18. The van der Waals surface area contributed by atoms with E-state index in [4.69, 9.17) is 9.47 Å². The number of morpholine rings is 1. The maximum absolute atomic E-state index is 13.5. The minimum Gasteiger partial charge on any atom is -0.497 e. The van der Waals surface area contributed by atoms with E-state index in [9.17, 15) is 14.7 Å². The highest BCUT2D eigenvalue weighted by atomic mass is 16.5. The van der Waals surface area contributed by atoms with E-state index in [-0.39, 0.29) is 11.8 Å². The van der Waals surface area contributed by atoms with Gasteiger partial charge in [0.05, 0.1) is 43.3 Å². The molecule has 3 aliphatic rings. The Morgan fingerprint density at radius 3 is 2.77 bits per heavy atom. The summed E-state index contributed by atoms with van der Waals surface area (Å²) in [4.78, 5) is 33.5. The molecule has 1 aromatic heterocycles. The van der Waals surface area contributed by atoms with Crippen LogP contribution in [-0.4, -0.2) is 90.9 Å². The third kappa shape index (κ3) is 4.71. The number of aromatic amines is 1. The second kappa shape index (κ2) is 9.85. The lowest BCUT2D eigenvalue weighted by Gasteiger charge is -2.31. The fraction of sp³-hybridized carbons (Fsp3) is 0.462. The molecule has 1 saturated heterocycles. The summed E-state index contributed by atoms with van der Waals surface area (Å²) in [5.74, 6) is 0.420. The number of H-pyrrole nitrogens is 1. The number of anilines is 1. The second-order valence-corrected chi connectivity index (χ2v) is 9.36. The van der Waals surface area contributed by atoms with Gasteiger partial charge in [0.1, 0.15) is 5.75 Å². The van der Waals surface area contributed by atoms with Gasteiger partial charge in [0.15, 0.2) is 0 Å². The molecular formula is C26H32N4O5. The molecule has 1 aromatic carbocycles. The smallest absolute Gasteiger partial charge is 0.256 e. The predicted molar refractivity (Wildman–Crippen MR) is 133 cm³/mol. The molecule has 4 heterocycles. The SMILES string of the molecule is COc1ccc2c(c1)NC(=O)/C2=C\c1[nH]c2c(c1C)C(=O)N(C[C@@H](O)CN1CCOCC1)CCC2. The highest BCUT2D eigenvalue weighted by molar-refractivity contribution is 6.35. The highest BCUT2D eigenvalue weighted by Crippen LogP contribution is 2.36. The number of nitrogens with zero attached hydrogens (tertiary/aromatic N) is 2. The highest BCUT2D eigenvalue weighted by Gasteiger charge is 2.30. The number of aliphatic hydroxyl groups is 1. The molecule has 0 unspecified atom stereocenters. The number of benzene rings is 1. The Labute approximate surface area is 204 Å². The number of β-amino-alcohol motifs (C(OH)–C–C–N with tert-alkyl or cyclic N) is 1. The molecule has 9 heteroatoms. The first-order valence-corrected chi connectivity index (χ1v) is 12.1. The topological polar surface area (TPSA) is 107 Å². The fourth-order valence-corrected chi connectivity index (χ4v) is 5.16. The summed E-state index contributed by atoms with van der Waals surface area (Å²) in [5, 5.41) is 13.6. The summed E-state index contributed by atoms with van der Waals surface area (Å²) in [7, 11) is 1.59. The van der Waals surface area contributed by atoms with Crippen molar-refractivity contribution in [3.05, 3.63) is 46.3 Å². The van der Waals surface area contributed by atoms with Crippen LogP contribution >= 0.6 is 0 Å². The van der Waals surface area contributed by atoms with Gasteiger partial charge in [-0.3, -0.25) is 14.5 Å². The van der Waals surface area contributed by atoms with Crippen molar-refractivity contribution in [3.63, 3.8) is 0 Å². The van der Waals surface area contributed by atoms with Gasteiger partial charge >= 0.3 is 0 Å². The average Bonchev–Trinajstić information content (AvgIpc) is 3.27. The first-order chi connectivity index (χ1) is 16.9. The Kier molecular flexibility index (Phi) is 6.64. The first kappa shape index (κ1) is 23.6. The summed E-state index contributed by atoms with van der Waals surface area (Å²) in [6.45, 7) is 6.30. The average molecular weight is 481 g/mol. The molecule has 1 atom stereocenters.